The molecule has 0 aliphatic carbocycles. The van der Waals surface area contributed by atoms with Crippen LogP contribution in [0.25, 0.3) is 0 Å². The summed E-state index contributed by atoms with van der Waals surface area (Å²) in [7, 11) is 0. The molecule has 0 aliphatic rings. The molecule has 0 saturated carbocycles. The van der Waals surface area contributed by atoms with Crippen molar-refractivity contribution in [3.63, 3.8) is 0 Å². The smallest absolute Gasteiger partial charge is 0.235 e. The maximum atomic E-state index is 2.41. The summed E-state index contributed by atoms with van der Waals surface area (Å²) in [6.07, 6.45) is 26.0. The largest absolute Gasteiger partial charge is 0.253 e. The number of hydrogen-bond acceptors (Lipinski definition) is 0. The summed E-state index contributed by atoms with van der Waals surface area (Å²) >= 11 is 0. The lowest BCUT2D eigenvalue weighted by atomic mass is 10.0. The summed E-state index contributed by atoms with van der Waals surface area (Å²) in [4.78, 5) is 0. The molecule has 25 heavy (non-hydrogen) atoms. The van der Waals surface area contributed by atoms with E-state index in [2.05, 4.69) is 42.3 Å². The molecule has 0 aliphatic heterocycles. The first-order valence-corrected chi connectivity index (χ1v) is 11.3. The van der Waals surface area contributed by atoms with Crippen LogP contribution in [0.3, 0.4) is 0 Å². The Morgan fingerprint density at radius 3 is 1.52 bits per heavy atom. The fourth-order valence-electron chi connectivity index (χ4n) is 3.77. The topological polar surface area (TPSA) is 8.81 Å². The number of aryl methyl sites for hydroxylation is 2. The van der Waals surface area contributed by atoms with Gasteiger partial charge in [-0.1, -0.05) is 90.4 Å². The van der Waals surface area contributed by atoms with Crippen molar-refractivity contribution in [2.24, 2.45) is 0 Å². The van der Waals surface area contributed by atoms with Gasteiger partial charge in [0.05, 0.1) is 13.1 Å². The zero-order valence-corrected chi connectivity index (χ0v) is 17.6. The van der Waals surface area contributed by atoms with Gasteiger partial charge in [0.15, 0.2) is 0 Å². The zero-order chi connectivity index (χ0) is 18.2. The Labute approximate surface area is 158 Å². The zero-order valence-electron chi connectivity index (χ0n) is 17.6. The average molecular weight is 350 g/mol. The molecule has 0 radical (unpaired) electrons. The number of aromatic nitrogens is 2. The van der Waals surface area contributed by atoms with Crippen molar-refractivity contribution in [1.29, 1.82) is 0 Å². The third-order valence-electron chi connectivity index (χ3n) is 5.60. The van der Waals surface area contributed by atoms with Gasteiger partial charge < -0.3 is 0 Å². The van der Waals surface area contributed by atoms with E-state index in [1.54, 1.807) is 0 Å². The molecule has 0 saturated heterocycles. The van der Waals surface area contributed by atoms with Crippen molar-refractivity contribution in [3.8, 4) is 0 Å². The number of rotatable bonds is 17. The van der Waals surface area contributed by atoms with Gasteiger partial charge in [-0.15, -0.1) is 0 Å². The molecule has 0 fully saturated rings. The quantitative estimate of drug-likeness (QED) is 0.212. The molecule has 1 rings (SSSR count). The first-order valence-electron chi connectivity index (χ1n) is 11.3. The molecule has 0 aromatic carbocycles. The van der Waals surface area contributed by atoms with Crippen LogP contribution in [0.4, 0.5) is 0 Å². The van der Waals surface area contributed by atoms with E-state index in [-0.39, 0.29) is 0 Å². The van der Waals surface area contributed by atoms with Gasteiger partial charge >= 0.3 is 0 Å². The van der Waals surface area contributed by atoms with E-state index >= 15 is 0 Å². The normalized spacial score (nSPS) is 11.3. The van der Waals surface area contributed by atoms with Gasteiger partial charge in [-0.2, -0.15) is 0 Å². The van der Waals surface area contributed by atoms with Crippen LogP contribution < -0.4 is 4.57 Å². The average Bonchev–Trinajstić information content (AvgIpc) is 2.98. The van der Waals surface area contributed by atoms with E-state index in [1.807, 2.05) is 0 Å². The van der Waals surface area contributed by atoms with Gasteiger partial charge in [-0.25, -0.2) is 9.13 Å². The third-order valence-corrected chi connectivity index (χ3v) is 5.60. The predicted molar refractivity (Wildman–Crippen MR) is 110 cm³/mol. The molecule has 146 valence electrons. The number of hydrogen-bond donors (Lipinski definition) is 0. The van der Waals surface area contributed by atoms with E-state index < -0.39 is 0 Å². The molecule has 1 aromatic rings. The molecule has 0 N–H and O–H groups in total. The maximum Gasteiger partial charge on any atom is 0.253 e. The van der Waals surface area contributed by atoms with Crippen molar-refractivity contribution >= 4 is 0 Å². The minimum absolute atomic E-state index is 1.08. The highest BCUT2D eigenvalue weighted by molar-refractivity contribution is 4.79. The van der Waals surface area contributed by atoms with Crippen LogP contribution in [0.2, 0.25) is 0 Å². The minimum atomic E-state index is 1.08. The van der Waals surface area contributed by atoms with Gasteiger partial charge in [0.2, 0.25) is 0 Å². The fourth-order valence-corrected chi connectivity index (χ4v) is 3.77. The fraction of sp³-hybridized carbons (Fsp3) is 0.870. The van der Waals surface area contributed by atoms with Gasteiger partial charge in [-0.3, -0.25) is 0 Å². The third kappa shape index (κ3) is 10.7. The molecule has 0 unspecified atom stereocenters. The highest BCUT2D eigenvalue weighted by atomic mass is 15.1. The molecule has 1 heterocycles. The number of imidazole rings is 1. The Balaban J connectivity index is 1.81. The highest BCUT2D eigenvalue weighted by Crippen LogP contribution is 2.13. The second-order valence-corrected chi connectivity index (χ2v) is 7.77. The Hall–Kier alpha value is -0.790. The van der Waals surface area contributed by atoms with Crippen molar-refractivity contribution in [2.75, 3.05) is 0 Å². The summed E-state index contributed by atoms with van der Waals surface area (Å²) in [6, 6.07) is 0. The van der Waals surface area contributed by atoms with Crippen LogP contribution >= 0.6 is 0 Å². The Bertz CT molecular complexity index is 408. The molecule has 0 spiro atoms. The summed E-state index contributed by atoms with van der Waals surface area (Å²) < 4.78 is 4.73. The standard InChI is InChI=1S/C23H45N2/c1-4-6-7-8-9-10-11-12-13-14-15-16-17-18-19-20-25-22-21-24(5-2)23(25)3/h21-22H,4-20H2,1-3H3/q+1. The van der Waals surface area contributed by atoms with Crippen LogP contribution in [0.15, 0.2) is 12.4 Å². The van der Waals surface area contributed by atoms with E-state index in [9.17, 15) is 0 Å². The van der Waals surface area contributed by atoms with Gasteiger partial charge in [0.25, 0.3) is 5.82 Å². The summed E-state index contributed by atoms with van der Waals surface area (Å²) in [5.41, 5.74) is 0. The van der Waals surface area contributed by atoms with E-state index in [4.69, 9.17) is 0 Å². The van der Waals surface area contributed by atoms with Gasteiger partial charge in [0.1, 0.15) is 12.4 Å². The van der Waals surface area contributed by atoms with Crippen LogP contribution in [-0.4, -0.2) is 4.57 Å². The lowest BCUT2D eigenvalue weighted by Crippen LogP contribution is -2.33. The second kappa shape index (κ2) is 15.5. The van der Waals surface area contributed by atoms with E-state index in [1.165, 1.54) is 109 Å². The van der Waals surface area contributed by atoms with Gasteiger partial charge in [0, 0.05) is 6.92 Å². The molecule has 2 heteroatoms. The summed E-state index contributed by atoms with van der Waals surface area (Å²) in [5, 5.41) is 0. The van der Waals surface area contributed by atoms with Crippen LogP contribution in [0, 0.1) is 6.92 Å². The Kier molecular flexibility index (Phi) is 13.8. The Morgan fingerprint density at radius 2 is 1.12 bits per heavy atom. The van der Waals surface area contributed by atoms with E-state index in [0.29, 0.717) is 0 Å². The molecule has 0 bridgehead atoms. The van der Waals surface area contributed by atoms with Crippen molar-refractivity contribution in [3.05, 3.63) is 18.2 Å². The maximum absolute atomic E-state index is 2.41. The van der Waals surface area contributed by atoms with Crippen LogP contribution in [0.5, 0.6) is 0 Å². The number of unbranched alkanes of at least 4 members (excludes halogenated alkanes) is 14. The lowest BCUT2D eigenvalue weighted by molar-refractivity contribution is -0.699. The summed E-state index contributed by atoms with van der Waals surface area (Å²) in [6.45, 7) is 9.01. The molecular formula is C23H45N2+. The number of nitrogens with zero attached hydrogens (tertiary/aromatic N) is 2. The summed E-state index contributed by atoms with van der Waals surface area (Å²) in [5.74, 6) is 1.40. The molecule has 0 atom stereocenters. The van der Waals surface area contributed by atoms with Crippen molar-refractivity contribution < 1.29 is 4.57 Å². The van der Waals surface area contributed by atoms with E-state index in [0.717, 1.165) is 6.54 Å². The molecular weight excluding hydrogens is 304 g/mol. The molecule has 0 amide bonds. The first kappa shape index (κ1) is 22.3. The van der Waals surface area contributed by atoms with Crippen LogP contribution in [-0.2, 0) is 13.1 Å². The monoisotopic (exact) mass is 349 g/mol. The predicted octanol–water partition coefficient (Wildman–Crippen LogP) is 6.98. The van der Waals surface area contributed by atoms with Crippen molar-refractivity contribution in [2.45, 2.75) is 130 Å². The van der Waals surface area contributed by atoms with Gasteiger partial charge in [-0.05, 0) is 19.8 Å². The van der Waals surface area contributed by atoms with Crippen LogP contribution in [0.1, 0.15) is 116 Å². The first-order chi connectivity index (χ1) is 12.3. The van der Waals surface area contributed by atoms with Crippen molar-refractivity contribution in [1.82, 2.24) is 4.57 Å². The Morgan fingerprint density at radius 1 is 0.680 bits per heavy atom. The SMILES string of the molecule is CCCCCCCCCCCCCCCCCn1cc[n+](CC)c1C. The lowest BCUT2D eigenvalue weighted by Gasteiger charge is -2.03. The second-order valence-electron chi connectivity index (χ2n) is 7.77. The highest BCUT2D eigenvalue weighted by Gasteiger charge is 2.09. The minimum Gasteiger partial charge on any atom is -0.235 e. The molecule has 2 nitrogen and oxygen atoms in total. The molecule has 1 aromatic heterocycles.